The molecule has 0 atom stereocenters. The number of hydrogen-bond donors (Lipinski definition) is 2. The third-order valence-electron chi connectivity index (χ3n) is 2.51. The maximum absolute atomic E-state index is 5.43. The molecule has 14 heavy (non-hydrogen) atoms. The van der Waals surface area contributed by atoms with Crippen LogP contribution in [-0.4, -0.2) is 4.98 Å². The summed E-state index contributed by atoms with van der Waals surface area (Å²) < 4.78 is 0. The summed E-state index contributed by atoms with van der Waals surface area (Å²) in [6.07, 6.45) is 1.80. The normalized spacial score (nSPS) is 10.5. The van der Waals surface area contributed by atoms with Crippen molar-refractivity contribution < 1.29 is 0 Å². The molecule has 2 aromatic rings. The molecule has 0 bridgehead atoms. The largest absolute Gasteiger partial charge is 0.324 e. The molecule has 0 amide bonds. The number of pyridine rings is 1. The molecule has 1 aromatic carbocycles. The Labute approximate surface area is 82.9 Å². The molecule has 0 aliphatic heterocycles. The molecule has 0 aliphatic carbocycles. The first kappa shape index (κ1) is 8.97. The Kier molecular flexibility index (Phi) is 2.09. The second-order valence-corrected chi connectivity index (χ2v) is 3.41. The van der Waals surface area contributed by atoms with Crippen molar-refractivity contribution in [3.63, 3.8) is 0 Å². The maximum Gasteiger partial charge on any atom is 0.0754 e. The molecule has 3 N–H and O–H groups in total. The number of nitrogen functional groups attached to an aromatic ring is 1. The second kappa shape index (κ2) is 3.27. The molecular weight excluding hydrogens is 174 g/mol. The minimum Gasteiger partial charge on any atom is -0.324 e. The van der Waals surface area contributed by atoms with E-state index < -0.39 is 0 Å². The van der Waals surface area contributed by atoms with Crippen LogP contribution in [0.15, 0.2) is 24.4 Å². The van der Waals surface area contributed by atoms with Gasteiger partial charge in [-0.1, -0.05) is 6.07 Å². The first-order valence-corrected chi connectivity index (χ1v) is 4.55. The number of aryl methyl sites for hydroxylation is 2. The first-order chi connectivity index (χ1) is 6.74. The minimum absolute atomic E-state index is 0.939. The molecule has 3 heteroatoms. The van der Waals surface area contributed by atoms with E-state index in [1.54, 1.807) is 6.20 Å². The van der Waals surface area contributed by atoms with Crippen molar-refractivity contribution in [2.24, 2.45) is 5.84 Å². The number of hydrogen-bond acceptors (Lipinski definition) is 3. The summed E-state index contributed by atoms with van der Waals surface area (Å²) in [4.78, 5) is 4.35. The highest BCUT2D eigenvalue weighted by Crippen LogP contribution is 2.26. The maximum atomic E-state index is 5.43. The van der Waals surface area contributed by atoms with E-state index in [4.69, 9.17) is 5.84 Å². The molecule has 72 valence electrons. The van der Waals surface area contributed by atoms with E-state index in [2.05, 4.69) is 23.4 Å². The van der Waals surface area contributed by atoms with Gasteiger partial charge < -0.3 is 5.43 Å². The number of benzene rings is 1. The summed E-state index contributed by atoms with van der Waals surface area (Å²) in [6.45, 7) is 4.08. The van der Waals surface area contributed by atoms with E-state index in [1.165, 1.54) is 10.9 Å². The van der Waals surface area contributed by atoms with Crippen molar-refractivity contribution in [3.05, 3.63) is 35.5 Å². The third kappa shape index (κ3) is 1.22. The smallest absolute Gasteiger partial charge is 0.0754 e. The Morgan fingerprint density at radius 1 is 1.36 bits per heavy atom. The average Bonchev–Trinajstić information content (AvgIpc) is 2.23. The molecule has 0 aliphatic rings. The van der Waals surface area contributed by atoms with Crippen molar-refractivity contribution in [1.82, 2.24) is 4.98 Å². The molecule has 1 heterocycles. The van der Waals surface area contributed by atoms with Crippen LogP contribution in [0.5, 0.6) is 0 Å². The van der Waals surface area contributed by atoms with Crippen LogP contribution in [0.1, 0.15) is 11.1 Å². The van der Waals surface area contributed by atoms with E-state index >= 15 is 0 Å². The molecule has 0 radical (unpaired) electrons. The summed E-state index contributed by atoms with van der Waals surface area (Å²) in [6, 6.07) is 6.06. The van der Waals surface area contributed by atoms with Gasteiger partial charge >= 0.3 is 0 Å². The second-order valence-electron chi connectivity index (χ2n) is 3.41. The van der Waals surface area contributed by atoms with Crippen LogP contribution in [0.4, 0.5) is 5.69 Å². The van der Waals surface area contributed by atoms with Gasteiger partial charge in [-0.05, 0) is 37.1 Å². The first-order valence-electron chi connectivity index (χ1n) is 4.55. The van der Waals surface area contributed by atoms with Gasteiger partial charge in [0.2, 0.25) is 0 Å². The van der Waals surface area contributed by atoms with Crippen LogP contribution < -0.4 is 11.3 Å². The Morgan fingerprint density at radius 3 is 2.86 bits per heavy atom. The highest BCUT2D eigenvalue weighted by atomic mass is 15.2. The predicted molar refractivity (Wildman–Crippen MR) is 59.0 cm³/mol. The van der Waals surface area contributed by atoms with Crippen LogP contribution in [0.25, 0.3) is 10.9 Å². The lowest BCUT2D eigenvalue weighted by atomic mass is 10.0. The summed E-state index contributed by atoms with van der Waals surface area (Å²) in [7, 11) is 0. The molecule has 1 aromatic heterocycles. The van der Waals surface area contributed by atoms with Crippen molar-refractivity contribution in [3.8, 4) is 0 Å². The molecule has 0 unspecified atom stereocenters. The lowest BCUT2D eigenvalue weighted by molar-refractivity contribution is 1.28. The lowest BCUT2D eigenvalue weighted by Gasteiger charge is -2.10. The Morgan fingerprint density at radius 2 is 2.14 bits per heavy atom. The van der Waals surface area contributed by atoms with Gasteiger partial charge in [0.05, 0.1) is 11.2 Å². The topological polar surface area (TPSA) is 50.9 Å². The van der Waals surface area contributed by atoms with Gasteiger partial charge in [-0.25, -0.2) is 0 Å². The summed E-state index contributed by atoms with van der Waals surface area (Å²) in [5.41, 5.74) is 6.92. The van der Waals surface area contributed by atoms with Crippen LogP contribution in [-0.2, 0) is 0 Å². The third-order valence-corrected chi connectivity index (χ3v) is 2.51. The minimum atomic E-state index is 0.939. The number of aromatic nitrogens is 1. The van der Waals surface area contributed by atoms with Crippen LogP contribution in [0.2, 0.25) is 0 Å². The standard InChI is InChI=1S/C11H13N3/c1-7-6-10(14-12)8(2)11-9(7)4-3-5-13-11/h3-6,14H,12H2,1-2H3. The number of nitrogens with one attached hydrogen (secondary N) is 1. The molecule has 2 rings (SSSR count). The Bertz CT molecular complexity index is 477. The van der Waals surface area contributed by atoms with Crippen molar-refractivity contribution in [1.29, 1.82) is 0 Å². The van der Waals surface area contributed by atoms with Crippen molar-refractivity contribution >= 4 is 16.6 Å². The molecule has 0 saturated carbocycles. The zero-order valence-corrected chi connectivity index (χ0v) is 8.33. The summed E-state index contributed by atoms with van der Waals surface area (Å²) in [5.74, 6) is 5.43. The fourth-order valence-electron chi connectivity index (χ4n) is 1.70. The van der Waals surface area contributed by atoms with Gasteiger partial charge in [0, 0.05) is 11.6 Å². The highest BCUT2D eigenvalue weighted by molar-refractivity contribution is 5.89. The zero-order chi connectivity index (χ0) is 10.1. The monoisotopic (exact) mass is 187 g/mol. The van der Waals surface area contributed by atoms with Gasteiger partial charge in [0.1, 0.15) is 0 Å². The molecule has 0 saturated heterocycles. The fraction of sp³-hybridized carbons (Fsp3) is 0.182. The van der Waals surface area contributed by atoms with E-state index in [0.29, 0.717) is 0 Å². The van der Waals surface area contributed by atoms with Crippen LogP contribution in [0, 0.1) is 13.8 Å². The van der Waals surface area contributed by atoms with Crippen LogP contribution in [0.3, 0.4) is 0 Å². The molecule has 3 nitrogen and oxygen atoms in total. The van der Waals surface area contributed by atoms with E-state index in [9.17, 15) is 0 Å². The average molecular weight is 187 g/mol. The fourth-order valence-corrected chi connectivity index (χ4v) is 1.70. The van der Waals surface area contributed by atoms with Gasteiger partial charge in [-0.3, -0.25) is 10.8 Å². The van der Waals surface area contributed by atoms with E-state index in [1.807, 2.05) is 19.1 Å². The number of rotatable bonds is 1. The lowest BCUT2D eigenvalue weighted by Crippen LogP contribution is -2.08. The van der Waals surface area contributed by atoms with E-state index in [-0.39, 0.29) is 0 Å². The zero-order valence-electron chi connectivity index (χ0n) is 8.33. The number of fused-ring (bicyclic) bond motifs is 1. The molecular formula is C11H13N3. The number of nitrogens with zero attached hydrogens (tertiary/aromatic N) is 1. The number of nitrogens with two attached hydrogens (primary N) is 1. The number of anilines is 1. The molecule has 0 spiro atoms. The van der Waals surface area contributed by atoms with Crippen LogP contribution >= 0.6 is 0 Å². The molecule has 0 fully saturated rings. The van der Waals surface area contributed by atoms with Crippen molar-refractivity contribution in [2.45, 2.75) is 13.8 Å². The Hall–Kier alpha value is -1.61. The summed E-state index contributed by atoms with van der Waals surface area (Å²) in [5, 5.41) is 1.18. The summed E-state index contributed by atoms with van der Waals surface area (Å²) >= 11 is 0. The SMILES string of the molecule is Cc1cc(NN)c(C)c2ncccc12. The quantitative estimate of drug-likeness (QED) is 0.531. The van der Waals surface area contributed by atoms with Gasteiger partial charge in [0.15, 0.2) is 0 Å². The predicted octanol–water partition coefficient (Wildman–Crippen LogP) is 2.14. The van der Waals surface area contributed by atoms with Gasteiger partial charge in [-0.2, -0.15) is 0 Å². The highest BCUT2D eigenvalue weighted by Gasteiger charge is 2.05. The van der Waals surface area contributed by atoms with Crippen molar-refractivity contribution in [2.75, 3.05) is 5.43 Å². The number of hydrazine groups is 1. The van der Waals surface area contributed by atoms with Gasteiger partial charge in [-0.15, -0.1) is 0 Å². The Balaban J connectivity index is 2.87. The van der Waals surface area contributed by atoms with Gasteiger partial charge in [0.25, 0.3) is 0 Å². The van der Waals surface area contributed by atoms with E-state index in [0.717, 1.165) is 16.8 Å².